The van der Waals surface area contributed by atoms with Gasteiger partial charge < -0.3 is 5.32 Å². The minimum absolute atomic E-state index is 0.373. The Hall–Kier alpha value is -1.60. The van der Waals surface area contributed by atoms with Crippen molar-refractivity contribution in [1.29, 1.82) is 0 Å². The predicted molar refractivity (Wildman–Crippen MR) is 87.3 cm³/mol. The second kappa shape index (κ2) is 6.23. The lowest BCUT2D eigenvalue weighted by atomic mass is 9.91. The molecule has 0 radical (unpaired) electrons. The van der Waals surface area contributed by atoms with E-state index < -0.39 is 0 Å². The number of benzene rings is 2. The zero-order chi connectivity index (χ0) is 14.7. The second-order valence-electron chi connectivity index (χ2n) is 5.77. The average molecular weight is 267 g/mol. The van der Waals surface area contributed by atoms with E-state index in [9.17, 15) is 0 Å². The van der Waals surface area contributed by atoms with E-state index >= 15 is 0 Å². The van der Waals surface area contributed by atoms with Crippen LogP contribution in [0.1, 0.15) is 39.4 Å². The van der Waals surface area contributed by atoms with Crippen LogP contribution in [0.3, 0.4) is 0 Å². The van der Waals surface area contributed by atoms with Crippen molar-refractivity contribution >= 4 is 0 Å². The molecule has 0 amide bonds. The maximum Gasteiger partial charge on any atom is 0.0363 e. The van der Waals surface area contributed by atoms with Crippen molar-refractivity contribution in [2.75, 3.05) is 7.05 Å². The summed E-state index contributed by atoms with van der Waals surface area (Å²) in [6, 6.07) is 13.7. The van der Waals surface area contributed by atoms with E-state index in [4.69, 9.17) is 0 Å². The molecule has 1 unspecified atom stereocenters. The van der Waals surface area contributed by atoms with Gasteiger partial charge in [0.1, 0.15) is 0 Å². The highest BCUT2D eigenvalue weighted by atomic mass is 14.9. The Morgan fingerprint density at radius 3 is 2.05 bits per heavy atom. The summed E-state index contributed by atoms with van der Waals surface area (Å²) < 4.78 is 0. The van der Waals surface area contributed by atoms with E-state index in [0.717, 1.165) is 6.42 Å². The number of hydrogen-bond acceptors (Lipinski definition) is 1. The molecule has 0 fully saturated rings. The topological polar surface area (TPSA) is 12.0 Å². The van der Waals surface area contributed by atoms with Gasteiger partial charge in [-0.05, 0) is 74.5 Å². The van der Waals surface area contributed by atoms with Gasteiger partial charge in [-0.2, -0.15) is 0 Å². The molecule has 1 atom stereocenters. The Morgan fingerprint density at radius 1 is 0.850 bits per heavy atom. The summed E-state index contributed by atoms with van der Waals surface area (Å²) in [5.41, 5.74) is 8.31. The van der Waals surface area contributed by atoms with Crippen LogP contribution in [0, 0.1) is 27.7 Å². The summed E-state index contributed by atoms with van der Waals surface area (Å²) in [5, 5.41) is 3.48. The zero-order valence-corrected chi connectivity index (χ0v) is 13.2. The van der Waals surface area contributed by atoms with Gasteiger partial charge >= 0.3 is 0 Å². The van der Waals surface area contributed by atoms with Gasteiger partial charge in [0, 0.05) is 6.04 Å². The lowest BCUT2D eigenvalue weighted by Gasteiger charge is -2.21. The van der Waals surface area contributed by atoms with Gasteiger partial charge in [-0.25, -0.2) is 0 Å². The summed E-state index contributed by atoms with van der Waals surface area (Å²) in [4.78, 5) is 0. The van der Waals surface area contributed by atoms with Crippen molar-refractivity contribution < 1.29 is 0 Å². The highest BCUT2D eigenvalue weighted by Gasteiger charge is 2.15. The molecule has 106 valence electrons. The van der Waals surface area contributed by atoms with Gasteiger partial charge in [-0.1, -0.05) is 36.4 Å². The Balaban J connectivity index is 2.31. The SMILES string of the molecule is CNC(Cc1ccc(C)c(C)c1)c1c(C)cccc1C. The molecule has 0 saturated carbocycles. The molecule has 0 bridgehead atoms. The minimum Gasteiger partial charge on any atom is -0.313 e. The van der Waals surface area contributed by atoms with Crippen molar-refractivity contribution in [3.63, 3.8) is 0 Å². The molecule has 20 heavy (non-hydrogen) atoms. The normalized spacial score (nSPS) is 12.4. The third-order valence-electron chi connectivity index (χ3n) is 4.25. The summed E-state index contributed by atoms with van der Waals surface area (Å²) in [5.74, 6) is 0. The van der Waals surface area contributed by atoms with Gasteiger partial charge in [0.05, 0.1) is 0 Å². The largest absolute Gasteiger partial charge is 0.313 e. The molecule has 0 aliphatic rings. The van der Waals surface area contributed by atoms with Crippen LogP contribution in [-0.2, 0) is 6.42 Å². The molecule has 1 heteroatoms. The van der Waals surface area contributed by atoms with Crippen LogP contribution in [-0.4, -0.2) is 7.05 Å². The number of likely N-dealkylation sites (N-methyl/N-ethyl adjacent to an activating group) is 1. The van der Waals surface area contributed by atoms with Crippen LogP contribution < -0.4 is 5.32 Å². The van der Waals surface area contributed by atoms with Crippen LogP contribution in [0.4, 0.5) is 0 Å². The van der Waals surface area contributed by atoms with Crippen molar-refractivity contribution in [3.05, 3.63) is 69.8 Å². The number of aryl methyl sites for hydroxylation is 4. The highest BCUT2D eigenvalue weighted by Crippen LogP contribution is 2.25. The van der Waals surface area contributed by atoms with Gasteiger partial charge in [-0.3, -0.25) is 0 Å². The van der Waals surface area contributed by atoms with E-state index in [1.165, 1.54) is 33.4 Å². The molecule has 0 spiro atoms. The summed E-state index contributed by atoms with van der Waals surface area (Å²) in [7, 11) is 2.05. The van der Waals surface area contributed by atoms with Gasteiger partial charge in [0.15, 0.2) is 0 Å². The molecular weight excluding hydrogens is 242 g/mol. The van der Waals surface area contributed by atoms with E-state index in [-0.39, 0.29) is 0 Å². The minimum atomic E-state index is 0.373. The van der Waals surface area contributed by atoms with Crippen molar-refractivity contribution in [2.24, 2.45) is 0 Å². The fourth-order valence-corrected chi connectivity index (χ4v) is 2.89. The van der Waals surface area contributed by atoms with E-state index in [1.807, 2.05) is 0 Å². The molecule has 0 aliphatic carbocycles. The Morgan fingerprint density at radius 2 is 1.50 bits per heavy atom. The van der Waals surface area contributed by atoms with E-state index in [0.29, 0.717) is 6.04 Å². The maximum atomic E-state index is 3.48. The highest BCUT2D eigenvalue weighted by molar-refractivity contribution is 5.38. The summed E-state index contributed by atoms with van der Waals surface area (Å²) in [6.45, 7) is 8.76. The van der Waals surface area contributed by atoms with E-state index in [1.54, 1.807) is 0 Å². The first-order valence-corrected chi connectivity index (χ1v) is 7.32. The average Bonchev–Trinajstić information content (AvgIpc) is 2.41. The van der Waals surface area contributed by atoms with Crippen molar-refractivity contribution in [2.45, 2.75) is 40.2 Å². The number of hydrogen-bond donors (Lipinski definition) is 1. The molecule has 0 saturated heterocycles. The molecule has 0 aliphatic heterocycles. The lowest BCUT2D eigenvalue weighted by molar-refractivity contribution is 0.585. The Kier molecular flexibility index (Phi) is 4.61. The van der Waals surface area contributed by atoms with Crippen molar-refractivity contribution in [1.82, 2.24) is 5.32 Å². The molecule has 1 N–H and O–H groups in total. The summed E-state index contributed by atoms with van der Waals surface area (Å²) in [6.07, 6.45) is 1.03. The maximum absolute atomic E-state index is 3.48. The molecule has 2 aromatic carbocycles. The van der Waals surface area contributed by atoms with Gasteiger partial charge in [0.25, 0.3) is 0 Å². The Labute approximate surface area is 123 Å². The van der Waals surface area contributed by atoms with Crippen LogP contribution >= 0.6 is 0 Å². The quantitative estimate of drug-likeness (QED) is 0.864. The zero-order valence-electron chi connectivity index (χ0n) is 13.2. The molecular formula is C19H25N. The molecule has 0 aromatic heterocycles. The summed E-state index contributed by atoms with van der Waals surface area (Å²) >= 11 is 0. The smallest absolute Gasteiger partial charge is 0.0363 e. The lowest BCUT2D eigenvalue weighted by Crippen LogP contribution is -2.21. The first-order valence-electron chi connectivity index (χ1n) is 7.32. The number of rotatable bonds is 4. The second-order valence-corrected chi connectivity index (χ2v) is 5.77. The Bertz CT molecular complexity index is 578. The van der Waals surface area contributed by atoms with Crippen LogP contribution in [0.15, 0.2) is 36.4 Å². The first-order chi connectivity index (χ1) is 9.52. The molecule has 1 nitrogen and oxygen atoms in total. The van der Waals surface area contributed by atoms with Gasteiger partial charge in [-0.15, -0.1) is 0 Å². The van der Waals surface area contributed by atoms with Crippen molar-refractivity contribution in [3.8, 4) is 0 Å². The third kappa shape index (κ3) is 3.10. The monoisotopic (exact) mass is 267 g/mol. The molecule has 2 aromatic rings. The van der Waals surface area contributed by atoms with E-state index in [2.05, 4.69) is 76.5 Å². The molecule has 2 rings (SSSR count). The van der Waals surface area contributed by atoms with Crippen LogP contribution in [0.2, 0.25) is 0 Å². The first kappa shape index (κ1) is 14.8. The standard InChI is InChI=1S/C19H25N/c1-13-9-10-17(11-16(13)4)12-18(20-5)19-14(2)7-6-8-15(19)3/h6-11,18,20H,12H2,1-5H3. The fraction of sp³-hybridized carbons (Fsp3) is 0.368. The van der Waals surface area contributed by atoms with Crippen LogP contribution in [0.25, 0.3) is 0 Å². The molecule has 0 heterocycles. The van der Waals surface area contributed by atoms with Crippen LogP contribution in [0.5, 0.6) is 0 Å². The third-order valence-corrected chi connectivity index (χ3v) is 4.25. The number of nitrogens with one attached hydrogen (secondary N) is 1. The predicted octanol–water partition coefficient (Wildman–Crippen LogP) is 4.42. The van der Waals surface area contributed by atoms with Gasteiger partial charge in [0.2, 0.25) is 0 Å². The fourth-order valence-electron chi connectivity index (χ4n) is 2.89.